The Morgan fingerprint density at radius 2 is 1.76 bits per heavy atom. The molecule has 0 amide bonds. The first kappa shape index (κ1) is 12.1. The van der Waals surface area contributed by atoms with Gasteiger partial charge in [0, 0.05) is 5.56 Å². The highest BCUT2D eigenvalue weighted by atomic mass is 19.4. The molecule has 1 saturated carbocycles. The van der Waals surface area contributed by atoms with E-state index in [-0.39, 0.29) is 18.0 Å². The molecule has 0 bridgehead atoms. The van der Waals surface area contributed by atoms with Gasteiger partial charge in [-0.05, 0) is 25.0 Å². The highest BCUT2D eigenvalue weighted by Gasteiger charge is 2.49. The molecule has 1 aliphatic carbocycles. The number of benzene rings is 1. The van der Waals surface area contributed by atoms with Crippen molar-refractivity contribution in [3.05, 3.63) is 35.4 Å². The molecule has 0 atom stereocenters. The SMILES string of the molecule is O=C(c1ccc(C(F)(F)F)cc1)C1(CO)CC1. The van der Waals surface area contributed by atoms with Crippen LogP contribution < -0.4 is 0 Å². The summed E-state index contributed by atoms with van der Waals surface area (Å²) in [7, 11) is 0. The van der Waals surface area contributed by atoms with Crippen molar-refractivity contribution < 1.29 is 23.1 Å². The summed E-state index contributed by atoms with van der Waals surface area (Å²) in [6, 6.07) is 4.11. The molecule has 0 aromatic heterocycles. The summed E-state index contributed by atoms with van der Waals surface area (Å²) in [6.07, 6.45) is -3.19. The number of ketones is 1. The van der Waals surface area contributed by atoms with Crippen LogP contribution in [0.15, 0.2) is 24.3 Å². The van der Waals surface area contributed by atoms with Crippen LogP contribution in [-0.2, 0) is 6.18 Å². The van der Waals surface area contributed by atoms with Gasteiger partial charge in [-0.3, -0.25) is 4.79 Å². The maximum atomic E-state index is 12.3. The first-order valence-electron chi connectivity index (χ1n) is 5.22. The number of hydrogen-bond acceptors (Lipinski definition) is 2. The summed E-state index contributed by atoms with van der Waals surface area (Å²) in [5, 5.41) is 9.07. The molecule has 0 saturated heterocycles. The van der Waals surface area contributed by atoms with Gasteiger partial charge in [-0.1, -0.05) is 12.1 Å². The lowest BCUT2D eigenvalue weighted by Gasteiger charge is -2.11. The molecule has 0 aliphatic heterocycles. The predicted molar refractivity (Wildman–Crippen MR) is 54.5 cm³/mol. The molecule has 2 nitrogen and oxygen atoms in total. The normalized spacial score (nSPS) is 17.9. The summed E-state index contributed by atoms with van der Waals surface area (Å²) in [5.74, 6) is -0.270. The van der Waals surface area contributed by atoms with Crippen LogP contribution in [0.25, 0.3) is 0 Å². The average Bonchev–Trinajstić information content (AvgIpc) is 3.08. The van der Waals surface area contributed by atoms with Crippen LogP contribution in [0.2, 0.25) is 0 Å². The molecule has 1 N–H and O–H groups in total. The summed E-state index contributed by atoms with van der Waals surface area (Å²) < 4.78 is 36.9. The van der Waals surface area contributed by atoms with Crippen molar-refractivity contribution in [2.45, 2.75) is 19.0 Å². The lowest BCUT2D eigenvalue weighted by atomic mass is 9.95. The van der Waals surface area contributed by atoms with Gasteiger partial charge in [0.25, 0.3) is 0 Å². The van der Waals surface area contributed by atoms with Gasteiger partial charge in [0.1, 0.15) is 0 Å². The van der Waals surface area contributed by atoms with Crippen LogP contribution in [-0.4, -0.2) is 17.5 Å². The van der Waals surface area contributed by atoms with E-state index in [0.717, 1.165) is 12.1 Å². The van der Waals surface area contributed by atoms with Crippen molar-refractivity contribution >= 4 is 5.78 Å². The fourth-order valence-electron chi connectivity index (χ4n) is 1.72. The quantitative estimate of drug-likeness (QED) is 0.830. The number of Topliss-reactive ketones (excluding diaryl/α,β-unsaturated/α-hetero) is 1. The second kappa shape index (κ2) is 3.84. The summed E-state index contributed by atoms with van der Waals surface area (Å²) in [5.41, 5.74) is -1.29. The Bertz CT molecular complexity index is 430. The van der Waals surface area contributed by atoms with Crippen LogP contribution in [0.5, 0.6) is 0 Å². The number of halogens is 3. The van der Waals surface area contributed by atoms with Gasteiger partial charge in [0.15, 0.2) is 5.78 Å². The van der Waals surface area contributed by atoms with E-state index >= 15 is 0 Å². The van der Waals surface area contributed by atoms with Crippen LogP contribution >= 0.6 is 0 Å². The minimum atomic E-state index is -4.39. The third-order valence-electron chi connectivity index (χ3n) is 3.11. The van der Waals surface area contributed by atoms with Crippen molar-refractivity contribution in [2.75, 3.05) is 6.61 Å². The number of rotatable bonds is 3. The molecule has 0 spiro atoms. The molecule has 5 heteroatoms. The van der Waals surface area contributed by atoms with Crippen LogP contribution in [0.1, 0.15) is 28.8 Å². The van der Waals surface area contributed by atoms with E-state index < -0.39 is 17.2 Å². The first-order valence-corrected chi connectivity index (χ1v) is 5.22. The Hall–Kier alpha value is -1.36. The third-order valence-corrected chi connectivity index (χ3v) is 3.11. The number of alkyl halides is 3. The van der Waals surface area contributed by atoms with Crippen molar-refractivity contribution in [3.8, 4) is 0 Å². The van der Waals surface area contributed by atoms with Crippen LogP contribution in [0, 0.1) is 5.41 Å². The Balaban J connectivity index is 2.22. The molecule has 1 aromatic carbocycles. The van der Waals surface area contributed by atoms with Crippen molar-refractivity contribution in [1.29, 1.82) is 0 Å². The molecular weight excluding hydrogens is 233 g/mol. The van der Waals surface area contributed by atoms with Crippen LogP contribution in [0.4, 0.5) is 13.2 Å². The topological polar surface area (TPSA) is 37.3 Å². The molecule has 1 aromatic rings. The van der Waals surface area contributed by atoms with E-state index in [1.807, 2.05) is 0 Å². The van der Waals surface area contributed by atoms with E-state index in [0.29, 0.717) is 12.8 Å². The maximum absolute atomic E-state index is 12.3. The van der Waals surface area contributed by atoms with Crippen LogP contribution in [0.3, 0.4) is 0 Å². The van der Waals surface area contributed by atoms with E-state index in [1.165, 1.54) is 12.1 Å². The smallest absolute Gasteiger partial charge is 0.395 e. The molecule has 92 valence electrons. The van der Waals surface area contributed by atoms with Gasteiger partial charge in [-0.15, -0.1) is 0 Å². The van der Waals surface area contributed by atoms with E-state index in [1.54, 1.807) is 0 Å². The molecule has 0 radical (unpaired) electrons. The van der Waals surface area contributed by atoms with Gasteiger partial charge in [0.05, 0.1) is 17.6 Å². The Morgan fingerprint density at radius 1 is 1.24 bits per heavy atom. The average molecular weight is 244 g/mol. The molecule has 2 rings (SSSR count). The zero-order valence-corrected chi connectivity index (χ0v) is 8.92. The van der Waals surface area contributed by atoms with Crippen molar-refractivity contribution in [2.24, 2.45) is 5.41 Å². The fourth-order valence-corrected chi connectivity index (χ4v) is 1.72. The van der Waals surface area contributed by atoms with Gasteiger partial charge in [-0.2, -0.15) is 13.2 Å². The molecule has 0 heterocycles. The number of aliphatic hydroxyl groups is 1. The third kappa shape index (κ3) is 2.20. The zero-order chi connectivity index (χ0) is 12.7. The molecular formula is C12H11F3O2. The zero-order valence-electron chi connectivity index (χ0n) is 8.92. The van der Waals surface area contributed by atoms with E-state index in [4.69, 9.17) is 5.11 Å². The summed E-state index contributed by atoms with van der Waals surface area (Å²) in [4.78, 5) is 11.9. The molecule has 17 heavy (non-hydrogen) atoms. The largest absolute Gasteiger partial charge is 0.416 e. The molecule has 0 unspecified atom stereocenters. The number of carbonyl (C=O) groups excluding carboxylic acids is 1. The number of hydrogen-bond donors (Lipinski definition) is 1. The number of carbonyl (C=O) groups is 1. The van der Waals surface area contributed by atoms with Crippen molar-refractivity contribution in [3.63, 3.8) is 0 Å². The minimum absolute atomic E-state index is 0.226. The lowest BCUT2D eigenvalue weighted by molar-refractivity contribution is -0.137. The second-order valence-corrected chi connectivity index (χ2v) is 4.34. The Kier molecular flexibility index (Phi) is 2.73. The highest BCUT2D eigenvalue weighted by molar-refractivity contribution is 6.02. The lowest BCUT2D eigenvalue weighted by Crippen LogP contribution is -2.20. The number of aliphatic hydroxyl groups excluding tert-OH is 1. The maximum Gasteiger partial charge on any atom is 0.416 e. The minimum Gasteiger partial charge on any atom is -0.395 e. The standard InChI is InChI=1S/C12H11F3O2/c13-12(14,15)9-3-1-8(2-4-9)10(17)11(7-16)5-6-11/h1-4,16H,5-7H2. The highest BCUT2D eigenvalue weighted by Crippen LogP contribution is 2.47. The van der Waals surface area contributed by atoms with Crippen molar-refractivity contribution in [1.82, 2.24) is 0 Å². The summed E-state index contributed by atoms with van der Waals surface area (Å²) in [6.45, 7) is -0.243. The van der Waals surface area contributed by atoms with E-state index in [9.17, 15) is 18.0 Å². The first-order chi connectivity index (χ1) is 7.89. The molecule has 1 fully saturated rings. The monoisotopic (exact) mass is 244 g/mol. The van der Waals surface area contributed by atoms with Gasteiger partial charge < -0.3 is 5.11 Å². The Morgan fingerprint density at radius 3 is 2.12 bits per heavy atom. The summed E-state index contributed by atoms with van der Waals surface area (Å²) >= 11 is 0. The van der Waals surface area contributed by atoms with Gasteiger partial charge in [0.2, 0.25) is 0 Å². The predicted octanol–water partition coefficient (Wildman–Crippen LogP) is 2.66. The second-order valence-electron chi connectivity index (χ2n) is 4.34. The van der Waals surface area contributed by atoms with Gasteiger partial charge in [-0.25, -0.2) is 0 Å². The van der Waals surface area contributed by atoms with Gasteiger partial charge >= 0.3 is 6.18 Å². The Labute approximate surface area is 96.1 Å². The van der Waals surface area contributed by atoms with E-state index in [2.05, 4.69) is 0 Å². The molecule has 1 aliphatic rings. The fraction of sp³-hybridized carbons (Fsp3) is 0.417.